The average molecular weight is 198 g/mol. The molecule has 1 rings (SSSR count). The van der Waals surface area contributed by atoms with E-state index in [1.165, 1.54) is 0 Å². The van der Waals surface area contributed by atoms with Crippen LogP contribution < -0.4 is 5.32 Å². The Bertz CT molecular complexity index is 201. The normalized spacial score (nSPS) is 18.3. The van der Waals surface area contributed by atoms with Gasteiger partial charge in [-0.1, -0.05) is 0 Å². The van der Waals surface area contributed by atoms with Crippen molar-refractivity contribution in [2.45, 2.75) is 12.3 Å². The van der Waals surface area contributed by atoms with Crippen LogP contribution in [0.2, 0.25) is 0 Å². The molecule has 1 heterocycles. The van der Waals surface area contributed by atoms with Crippen molar-refractivity contribution in [2.24, 2.45) is 0 Å². The van der Waals surface area contributed by atoms with E-state index in [4.69, 9.17) is 5.11 Å². The van der Waals surface area contributed by atoms with Crippen molar-refractivity contribution >= 4 is 6.03 Å². The van der Waals surface area contributed by atoms with Crippen LogP contribution in [0.25, 0.3) is 0 Å². The summed E-state index contributed by atoms with van der Waals surface area (Å²) in [6.45, 7) is -1.13. The number of alkyl halides is 3. The fourth-order valence-electron chi connectivity index (χ4n) is 0.909. The quantitative estimate of drug-likeness (QED) is 0.620. The summed E-state index contributed by atoms with van der Waals surface area (Å²) in [5.41, 5.74) is 0. The number of β-amino-alcohol motifs (C(OH)–C–C–N with tert-alkyl or cyclic N) is 1. The molecule has 1 fully saturated rings. The predicted octanol–water partition coefficient (Wildman–Crippen LogP) is -0.0652. The third-order valence-electron chi connectivity index (χ3n) is 1.59. The monoisotopic (exact) mass is 198 g/mol. The van der Waals surface area contributed by atoms with Gasteiger partial charge in [0.1, 0.15) is 6.54 Å². The summed E-state index contributed by atoms with van der Waals surface area (Å²) in [5, 5.41) is 10.4. The van der Waals surface area contributed by atoms with Gasteiger partial charge in [-0.25, -0.2) is 4.79 Å². The summed E-state index contributed by atoms with van der Waals surface area (Å²) in [6.07, 6.45) is -4.99. The number of rotatable bonds is 1. The second-order valence-corrected chi connectivity index (χ2v) is 2.83. The maximum absolute atomic E-state index is 11.6. The minimum Gasteiger partial charge on any atom is -0.389 e. The molecule has 0 aromatic heterocycles. The van der Waals surface area contributed by atoms with Gasteiger partial charge in [0.2, 0.25) is 0 Å². The Morgan fingerprint density at radius 1 is 1.54 bits per heavy atom. The molecule has 2 amide bonds. The fourth-order valence-corrected chi connectivity index (χ4v) is 0.909. The minimum atomic E-state index is -4.39. The van der Waals surface area contributed by atoms with Crippen molar-refractivity contribution in [1.82, 2.24) is 10.2 Å². The molecule has 76 valence electrons. The van der Waals surface area contributed by atoms with E-state index in [9.17, 15) is 18.0 Å². The van der Waals surface area contributed by atoms with Gasteiger partial charge in [0.15, 0.2) is 0 Å². The van der Waals surface area contributed by atoms with Crippen molar-refractivity contribution in [2.75, 3.05) is 19.6 Å². The van der Waals surface area contributed by atoms with Crippen LogP contribution in [0.4, 0.5) is 18.0 Å². The molecule has 0 spiro atoms. The standard InChI is InChI=1S/C6H9F3N2O2/c7-6(8,9)3-10-5(13)11-1-4(12)2-11/h4,12H,1-3H2,(H,10,13). The molecule has 4 nitrogen and oxygen atoms in total. The van der Waals surface area contributed by atoms with Gasteiger partial charge in [-0.05, 0) is 0 Å². The topological polar surface area (TPSA) is 52.6 Å². The largest absolute Gasteiger partial charge is 0.405 e. The molecular weight excluding hydrogens is 189 g/mol. The Kier molecular flexibility index (Phi) is 2.65. The van der Waals surface area contributed by atoms with E-state index in [2.05, 4.69) is 0 Å². The highest BCUT2D eigenvalue weighted by atomic mass is 19.4. The first-order valence-electron chi connectivity index (χ1n) is 3.66. The molecule has 13 heavy (non-hydrogen) atoms. The molecule has 0 atom stereocenters. The number of carbonyl (C=O) groups excluding carboxylic acids is 1. The fraction of sp³-hybridized carbons (Fsp3) is 0.833. The molecule has 0 radical (unpaired) electrons. The zero-order valence-corrected chi connectivity index (χ0v) is 6.64. The zero-order chi connectivity index (χ0) is 10.1. The van der Waals surface area contributed by atoms with E-state index < -0.39 is 24.9 Å². The molecular formula is C6H9F3N2O2. The van der Waals surface area contributed by atoms with E-state index in [1.54, 1.807) is 5.32 Å². The Morgan fingerprint density at radius 2 is 2.08 bits per heavy atom. The van der Waals surface area contributed by atoms with Gasteiger partial charge in [-0.15, -0.1) is 0 Å². The summed E-state index contributed by atoms with van der Waals surface area (Å²) in [5.74, 6) is 0. The summed E-state index contributed by atoms with van der Waals surface area (Å²) in [7, 11) is 0. The second kappa shape index (κ2) is 3.41. The Balaban J connectivity index is 2.19. The molecule has 0 unspecified atom stereocenters. The summed E-state index contributed by atoms with van der Waals surface area (Å²) >= 11 is 0. The molecule has 0 aliphatic carbocycles. The lowest BCUT2D eigenvalue weighted by atomic mass is 10.2. The van der Waals surface area contributed by atoms with Crippen molar-refractivity contribution in [3.8, 4) is 0 Å². The molecule has 0 bridgehead atoms. The number of urea groups is 1. The van der Waals surface area contributed by atoms with E-state index in [1.807, 2.05) is 0 Å². The molecule has 1 aliphatic rings. The first-order chi connectivity index (χ1) is 5.88. The first-order valence-corrected chi connectivity index (χ1v) is 3.66. The number of amides is 2. The smallest absolute Gasteiger partial charge is 0.389 e. The van der Waals surface area contributed by atoms with Crippen LogP contribution in [0.3, 0.4) is 0 Å². The summed E-state index contributed by atoms with van der Waals surface area (Å²) < 4.78 is 34.8. The third kappa shape index (κ3) is 3.10. The highest BCUT2D eigenvalue weighted by Gasteiger charge is 2.32. The number of halogens is 3. The maximum atomic E-state index is 11.6. The van der Waals surface area contributed by atoms with E-state index in [0.29, 0.717) is 0 Å². The van der Waals surface area contributed by atoms with Crippen LogP contribution >= 0.6 is 0 Å². The molecule has 1 aliphatic heterocycles. The van der Waals surface area contributed by atoms with Gasteiger partial charge < -0.3 is 15.3 Å². The van der Waals surface area contributed by atoms with Gasteiger partial charge in [-0.2, -0.15) is 13.2 Å². The highest BCUT2D eigenvalue weighted by molar-refractivity contribution is 5.75. The number of hydrogen-bond acceptors (Lipinski definition) is 2. The van der Waals surface area contributed by atoms with Crippen molar-refractivity contribution in [3.05, 3.63) is 0 Å². The molecule has 1 saturated heterocycles. The number of likely N-dealkylation sites (tertiary alicyclic amines) is 1. The molecule has 0 saturated carbocycles. The number of hydrogen-bond donors (Lipinski definition) is 2. The van der Waals surface area contributed by atoms with Crippen LogP contribution in [0.5, 0.6) is 0 Å². The van der Waals surface area contributed by atoms with E-state index >= 15 is 0 Å². The molecule has 0 aromatic rings. The zero-order valence-electron chi connectivity index (χ0n) is 6.64. The number of aliphatic hydroxyl groups is 1. The molecule has 7 heteroatoms. The van der Waals surface area contributed by atoms with Gasteiger partial charge in [0.05, 0.1) is 19.2 Å². The van der Waals surface area contributed by atoms with E-state index in [-0.39, 0.29) is 13.1 Å². The van der Waals surface area contributed by atoms with Crippen molar-refractivity contribution in [3.63, 3.8) is 0 Å². The second-order valence-electron chi connectivity index (χ2n) is 2.83. The SMILES string of the molecule is O=C(NCC(F)(F)F)N1CC(O)C1. The van der Waals surface area contributed by atoms with E-state index in [0.717, 1.165) is 4.90 Å². The van der Waals surface area contributed by atoms with Gasteiger partial charge >= 0.3 is 12.2 Å². The number of carbonyl (C=O) groups is 1. The van der Waals surface area contributed by atoms with Gasteiger partial charge in [0.25, 0.3) is 0 Å². The maximum Gasteiger partial charge on any atom is 0.405 e. The van der Waals surface area contributed by atoms with Crippen molar-refractivity contribution < 1.29 is 23.1 Å². The summed E-state index contributed by atoms with van der Waals surface area (Å²) in [6, 6.07) is -0.789. The van der Waals surface area contributed by atoms with Crippen LogP contribution in [0, 0.1) is 0 Å². The molecule has 0 aromatic carbocycles. The number of nitrogens with one attached hydrogen (secondary N) is 1. The number of aliphatic hydroxyl groups excluding tert-OH is 1. The lowest BCUT2D eigenvalue weighted by molar-refractivity contribution is -0.123. The lowest BCUT2D eigenvalue weighted by Crippen LogP contribution is -2.57. The van der Waals surface area contributed by atoms with Gasteiger partial charge in [-0.3, -0.25) is 0 Å². The van der Waals surface area contributed by atoms with Crippen LogP contribution in [0.1, 0.15) is 0 Å². The first kappa shape index (κ1) is 10.1. The van der Waals surface area contributed by atoms with Crippen molar-refractivity contribution in [1.29, 1.82) is 0 Å². The third-order valence-corrected chi connectivity index (χ3v) is 1.59. The number of nitrogens with zero attached hydrogens (tertiary/aromatic N) is 1. The molecule has 2 N–H and O–H groups in total. The van der Waals surface area contributed by atoms with Gasteiger partial charge in [0, 0.05) is 0 Å². The minimum absolute atomic E-state index is 0.101. The predicted molar refractivity (Wildman–Crippen MR) is 37.0 cm³/mol. The highest BCUT2D eigenvalue weighted by Crippen LogP contribution is 2.13. The van der Waals surface area contributed by atoms with Crippen LogP contribution in [-0.2, 0) is 0 Å². The van der Waals surface area contributed by atoms with Crippen LogP contribution in [-0.4, -0.2) is 48.0 Å². The Morgan fingerprint density at radius 3 is 2.46 bits per heavy atom. The lowest BCUT2D eigenvalue weighted by Gasteiger charge is -2.35. The van der Waals surface area contributed by atoms with Crippen LogP contribution in [0.15, 0.2) is 0 Å². The summed E-state index contributed by atoms with van der Waals surface area (Å²) in [4.78, 5) is 11.9. The average Bonchev–Trinajstić information content (AvgIpc) is 1.93. The Labute approximate surface area is 72.3 Å². The Hall–Kier alpha value is -0.980.